The molecule has 7 unspecified atom stereocenters. The molecule has 0 saturated heterocycles. The first-order valence-electron chi connectivity index (χ1n) is 13.6. The van der Waals surface area contributed by atoms with Gasteiger partial charge in [-0.2, -0.15) is 0 Å². The predicted octanol–water partition coefficient (Wildman–Crippen LogP) is 4.98. The van der Waals surface area contributed by atoms with E-state index in [2.05, 4.69) is 43.0 Å². The molecule has 0 aromatic carbocycles. The number of hydrogen-bond acceptors (Lipinski definition) is 4. The van der Waals surface area contributed by atoms with Crippen molar-refractivity contribution in [1.82, 2.24) is 0 Å². The molecule has 2 fully saturated rings. The van der Waals surface area contributed by atoms with Crippen LogP contribution in [0.15, 0.2) is 71.4 Å². The van der Waals surface area contributed by atoms with Gasteiger partial charge in [-0.25, -0.2) is 0 Å². The first-order valence-corrected chi connectivity index (χ1v) is 13.6. The van der Waals surface area contributed by atoms with Crippen molar-refractivity contribution in [3.63, 3.8) is 0 Å². The summed E-state index contributed by atoms with van der Waals surface area (Å²) < 4.78 is 0. The van der Waals surface area contributed by atoms with E-state index in [-0.39, 0.29) is 0 Å². The molecule has 4 nitrogen and oxygen atoms in total. The molecule has 182 valence electrons. The molecule has 2 saturated carbocycles. The monoisotopic (exact) mass is 458 g/mol. The van der Waals surface area contributed by atoms with E-state index < -0.39 is 0 Å². The lowest BCUT2D eigenvalue weighted by molar-refractivity contribution is 0.275. The molecular formula is C30H42N4. The summed E-state index contributed by atoms with van der Waals surface area (Å²) in [6.07, 6.45) is 25.3. The molecule has 0 heterocycles. The number of allylic oxidation sites excluding steroid dienone is 9. The highest BCUT2D eigenvalue weighted by atomic mass is 14.8. The van der Waals surface area contributed by atoms with E-state index in [1.807, 2.05) is 0 Å². The van der Waals surface area contributed by atoms with E-state index in [1.165, 1.54) is 51.4 Å². The minimum Gasteiger partial charge on any atom is -0.402 e. The van der Waals surface area contributed by atoms with Crippen molar-refractivity contribution in [2.45, 2.75) is 57.8 Å². The maximum Gasteiger partial charge on any atom is 0.0735 e. The van der Waals surface area contributed by atoms with Crippen molar-refractivity contribution < 1.29 is 0 Å². The molecule has 0 amide bonds. The standard InChI is InChI=1S/C30H42N4/c1-2-17-3-5-18(6-4-17)19-7-9-20(10-8-19)22-15-24(31)28-27(30(28,16-22)23-11-12-23)21-13-25(32)29(34)26(33)14-21/h2-3,5,9,13,15,17-19,21-23,27-28H,1,4,6-8,10-12,14,16,31-34H2/t17?,18?,19?,21?,22-,27?,28?,30?/m0/s1. The van der Waals surface area contributed by atoms with Gasteiger partial charge in [-0.05, 0) is 98.7 Å². The Kier molecular flexibility index (Phi) is 5.27. The fraction of sp³-hybridized carbons (Fsp3) is 0.600. The van der Waals surface area contributed by atoms with Crippen LogP contribution in [-0.2, 0) is 0 Å². The molecule has 34 heavy (non-hydrogen) atoms. The van der Waals surface area contributed by atoms with Gasteiger partial charge in [0.05, 0.1) is 11.4 Å². The van der Waals surface area contributed by atoms with Crippen LogP contribution in [0.25, 0.3) is 0 Å². The van der Waals surface area contributed by atoms with Crippen molar-refractivity contribution in [2.24, 2.45) is 75.7 Å². The van der Waals surface area contributed by atoms with Crippen molar-refractivity contribution in [3.05, 3.63) is 71.4 Å². The maximum atomic E-state index is 6.83. The molecule has 8 atom stereocenters. The zero-order valence-electron chi connectivity index (χ0n) is 20.5. The summed E-state index contributed by atoms with van der Waals surface area (Å²) in [5, 5.41) is 0. The van der Waals surface area contributed by atoms with Crippen LogP contribution in [0, 0.1) is 52.8 Å². The van der Waals surface area contributed by atoms with E-state index >= 15 is 0 Å². The number of hydrogen-bond donors (Lipinski definition) is 4. The smallest absolute Gasteiger partial charge is 0.0735 e. The van der Waals surface area contributed by atoms with E-state index in [1.54, 1.807) is 5.57 Å². The van der Waals surface area contributed by atoms with Crippen molar-refractivity contribution in [3.8, 4) is 0 Å². The number of fused-ring (bicyclic) bond motifs is 1. The minimum atomic E-state index is 0.348. The zero-order chi connectivity index (χ0) is 23.6. The van der Waals surface area contributed by atoms with Crippen LogP contribution in [-0.4, -0.2) is 0 Å². The summed E-state index contributed by atoms with van der Waals surface area (Å²) in [5.74, 6) is 4.88. The highest BCUT2D eigenvalue weighted by molar-refractivity contribution is 5.41. The van der Waals surface area contributed by atoms with Gasteiger partial charge in [0, 0.05) is 23.2 Å². The van der Waals surface area contributed by atoms with Crippen LogP contribution in [0.5, 0.6) is 0 Å². The van der Waals surface area contributed by atoms with Crippen LogP contribution in [0.2, 0.25) is 0 Å². The topological polar surface area (TPSA) is 104 Å². The van der Waals surface area contributed by atoms with Crippen LogP contribution in [0.4, 0.5) is 0 Å². The molecule has 0 bridgehead atoms. The first kappa shape index (κ1) is 22.1. The molecule has 0 aromatic rings. The van der Waals surface area contributed by atoms with Crippen molar-refractivity contribution in [2.75, 3.05) is 0 Å². The molecular weight excluding hydrogens is 416 g/mol. The zero-order valence-corrected chi connectivity index (χ0v) is 20.5. The van der Waals surface area contributed by atoms with E-state index in [9.17, 15) is 0 Å². The van der Waals surface area contributed by atoms with Gasteiger partial charge in [-0.1, -0.05) is 42.0 Å². The molecule has 0 radical (unpaired) electrons. The predicted molar refractivity (Wildman–Crippen MR) is 139 cm³/mol. The summed E-state index contributed by atoms with van der Waals surface area (Å²) >= 11 is 0. The van der Waals surface area contributed by atoms with Crippen LogP contribution >= 0.6 is 0 Å². The van der Waals surface area contributed by atoms with E-state index in [4.69, 9.17) is 22.9 Å². The Morgan fingerprint density at radius 1 is 0.941 bits per heavy atom. The lowest BCUT2D eigenvalue weighted by Crippen LogP contribution is -2.27. The van der Waals surface area contributed by atoms with Gasteiger partial charge in [0.25, 0.3) is 0 Å². The van der Waals surface area contributed by atoms with Gasteiger partial charge < -0.3 is 22.9 Å². The van der Waals surface area contributed by atoms with E-state index in [0.29, 0.717) is 46.4 Å². The Hall–Kier alpha value is -2.36. The van der Waals surface area contributed by atoms with Gasteiger partial charge in [0.2, 0.25) is 0 Å². The third kappa shape index (κ3) is 3.48. The molecule has 6 aliphatic rings. The normalized spacial score (nSPS) is 44.0. The second-order valence-corrected chi connectivity index (χ2v) is 12.1. The van der Waals surface area contributed by atoms with Gasteiger partial charge in [-0.15, -0.1) is 6.58 Å². The average molecular weight is 459 g/mol. The Bertz CT molecular complexity index is 1020. The quantitative estimate of drug-likeness (QED) is 0.436. The first-order chi connectivity index (χ1) is 16.4. The minimum absolute atomic E-state index is 0.348. The summed E-state index contributed by atoms with van der Waals surface area (Å²) in [5.41, 5.74) is 30.6. The second-order valence-electron chi connectivity index (χ2n) is 12.1. The van der Waals surface area contributed by atoms with Crippen molar-refractivity contribution >= 4 is 0 Å². The Morgan fingerprint density at radius 2 is 1.76 bits per heavy atom. The Labute approximate surface area is 205 Å². The van der Waals surface area contributed by atoms with Gasteiger partial charge in [0.1, 0.15) is 0 Å². The summed E-state index contributed by atoms with van der Waals surface area (Å²) in [7, 11) is 0. The van der Waals surface area contributed by atoms with Gasteiger partial charge in [0.15, 0.2) is 0 Å². The van der Waals surface area contributed by atoms with Gasteiger partial charge >= 0.3 is 0 Å². The Morgan fingerprint density at radius 3 is 2.38 bits per heavy atom. The molecule has 8 N–H and O–H groups in total. The van der Waals surface area contributed by atoms with Crippen LogP contribution in [0.3, 0.4) is 0 Å². The molecule has 6 rings (SSSR count). The molecule has 0 aromatic heterocycles. The third-order valence-corrected chi connectivity index (χ3v) is 10.4. The average Bonchev–Trinajstić information content (AvgIpc) is 3.76. The van der Waals surface area contributed by atoms with Gasteiger partial charge in [-0.3, -0.25) is 0 Å². The lowest BCUT2D eigenvalue weighted by Gasteiger charge is -2.35. The molecule has 0 spiro atoms. The number of rotatable bonds is 5. The number of nitrogens with two attached hydrogens (primary N) is 4. The van der Waals surface area contributed by atoms with Crippen LogP contribution < -0.4 is 22.9 Å². The SMILES string of the molecule is C=CC1C=CC(C2CC=C([C@H]3C=C(N)C4C(C5C=C(N)C(N)=C(N)C5)C4(C4CC4)C3)CC2)CC1. The van der Waals surface area contributed by atoms with Crippen molar-refractivity contribution in [1.29, 1.82) is 0 Å². The van der Waals surface area contributed by atoms with Crippen LogP contribution in [0.1, 0.15) is 57.8 Å². The summed E-state index contributed by atoms with van der Waals surface area (Å²) in [4.78, 5) is 0. The fourth-order valence-electron chi connectivity index (χ4n) is 8.46. The Balaban J connectivity index is 1.18. The van der Waals surface area contributed by atoms with E-state index in [0.717, 1.165) is 35.6 Å². The highest BCUT2D eigenvalue weighted by Gasteiger charge is 2.73. The lowest BCUT2D eigenvalue weighted by atomic mass is 9.70. The molecule has 0 aliphatic heterocycles. The summed E-state index contributed by atoms with van der Waals surface area (Å²) in [6, 6.07) is 0. The largest absolute Gasteiger partial charge is 0.402 e. The summed E-state index contributed by atoms with van der Waals surface area (Å²) in [6.45, 7) is 3.97. The fourth-order valence-corrected chi connectivity index (χ4v) is 8.46. The highest BCUT2D eigenvalue weighted by Crippen LogP contribution is 2.78. The molecule has 6 aliphatic carbocycles. The maximum absolute atomic E-state index is 6.83. The second kappa shape index (κ2) is 8.10. The third-order valence-electron chi connectivity index (χ3n) is 10.4. The molecule has 4 heteroatoms.